The second-order valence-corrected chi connectivity index (χ2v) is 9.09. The Hall–Kier alpha value is -2.70. The quantitative estimate of drug-likeness (QED) is 0.623. The molecule has 0 saturated carbocycles. The Labute approximate surface area is 184 Å². The standard InChI is InChI=1S/C20H23F3N4O4S/c1-25(31-2)32(29,30)17-7-4-15(5-8-17)19(28)27-11-3-10-26(12-13-27)18-9-6-16(14-24-18)20(21,22)23/h4-9,14H,3,10-13H2,1-2H3. The van der Waals surface area contributed by atoms with Gasteiger partial charge >= 0.3 is 6.18 Å². The SMILES string of the molecule is CON(C)S(=O)(=O)c1ccc(C(=O)N2CCCN(c3ccc(C(F)(F)F)cn3)CC2)cc1. The molecule has 0 N–H and O–H groups in total. The fourth-order valence-electron chi connectivity index (χ4n) is 3.29. The molecule has 0 spiro atoms. The van der Waals surface area contributed by atoms with Crippen molar-refractivity contribution in [3.05, 3.63) is 53.7 Å². The lowest BCUT2D eigenvalue weighted by Crippen LogP contribution is -2.35. The zero-order valence-electron chi connectivity index (χ0n) is 17.5. The number of halogens is 3. The summed E-state index contributed by atoms with van der Waals surface area (Å²) in [5.74, 6) is 0.167. The highest BCUT2D eigenvalue weighted by Gasteiger charge is 2.31. The van der Waals surface area contributed by atoms with Gasteiger partial charge in [0.05, 0.1) is 17.6 Å². The van der Waals surface area contributed by atoms with Crippen LogP contribution in [0.25, 0.3) is 0 Å². The van der Waals surface area contributed by atoms with Crippen molar-refractivity contribution in [2.75, 3.05) is 45.2 Å². The van der Waals surface area contributed by atoms with Crippen molar-refractivity contribution in [1.29, 1.82) is 0 Å². The number of carbonyl (C=O) groups excluding carboxylic acids is 1. The van der Waals surface area contributed by atoms with Crippen molar-refractivity contribution in [2.45, 2.75) is 17.5 Å². The maximum absolute atomic E-state index is 12.9. The summed E-state index contributed by atoms with van der Waals surface area (Å²) in [6.07, 6.45) is -3.03. The molecule has 0 bridgehead atoms. The normalized spacial score (nSPS) is 15.7. The zero-order valence-corrected chi connectivity index (χ0v) is 18.4. The highest BCUT2D eigenvalue weighted by atomic mass is 32.2. The molecule has 1 aliphatic rings. The van der Waals surface area contributed by atoms with E-state index in [4.69, 9.17) is 4.84 Å². The number of hydrogen-bond donors (Lipinski definition) is 0. The molecule has 2 heterocycles. The Bertz CT molecular complexity index is 1040. The molecule has 0 atom stereocenters. The van der Waals surface area contributed by atoms with Crippen LogP contribution in [0.2, 0.25) is 0 Å². The molecule has 2 aromatic rings. The summed E-state index contributed by atoms with van der Waals surface area (Å²) in [5, 5.41) is 0. The first-order chi connectivity index (χ1) is 15.0. The number of pyridine rings is 1. The van der Waals surface area contributed by atoms with Gasteiger partial charge in [-0.1, -0.05) is 4.47 Å². The highest BCUT2D eigenvalue weighted by molar-refractivity contribution is 7.89. The lowest BCUT2D eigenvalue weighted by Gasteiger charge is -2.23. The maximum atomic E-state index is 12.9. The van der Waals surface area contributed by atoms with Gasteiger partial charge in [0.1, 0.15) is 5.82 Å². The first kappa shape index (κ1) is 24.0. The van der Waals surface area contributed by atoms with Crippen molar-refractivity contribution in [3.63, 3.8) is 0 Å². The molecule has 0 aliphatic carbocycles. The summed E-state index contributed by atoms with van der Waals surface area (Å²) in [5.41, 5.74) is -0.472. The zero-order chi connectivity index (χ0) is 23.5. The van der Waals surface area contributed by atoms with Crippen LogP contribution in [0.3, 0.4) is 0 Å². The van der Waals surface area contributed by atoms with Gasteiger partial charge in [0.25, 0.3) is 15.9 Å². The van der Waals surface area contributed by atoms with Crippen molar-refractivity contribution in [2.24, 2.45) is 0 Å². The molecule has 32 heavy (non-hydrogen) atoms. The van der Waals surface area contributed by atoms with Gasteiger partial charge in [-0.25, -0.2) is 13.4 Å². The summed E-state index contributed by atoms with van der Waals surface area (Å²) in [6.45, 7) is 1.77. The van der Waals surface area contributed by atoms with Gasteiger partial charge in [-0.15, -0.1) is 0 Å². The fourth-order valence-corrected chi connectivity index (χ4v) is 4.26. The number of aromatic nitrogens is 1. The van der Waals surface area contributed by atoms with Gasteiger partial charge < -0.3 is 9.80 Å². The second kappa shape index (κ2) is 9.43. The van der Waals surface area contributed by atoms with E-state index in [-0.39, 0.29) is 10.8 Å². The van der Waals surface area contributed by atoms with E-state index in [0.29, 0.717) is 44.0 Å². The van der Waals surface area contributed by atoms with Gasteiger partial charge in [-0.3, -0.25) is 9.63 Å². The summed E-state index contributed by atoms with van der Waals surface area (Å²) < 4.78 is 63.5. The molecule has 1 fully saturated rings. The van der Waals surface area contributed by atoms with Gasteiger partial charge in [0.15, 0.2) is 0 Å². The van der Waals surface area contributed by atoms with Crippen LogP contribution >= 0.6 is 0 Å². The van der Waals surface area contributed by atoms with Crippen molar-refractivity contribution < 1.29 is 31.2 Å². The average Bonchev–Trinajstić information content (AvgIpc) is 3.04. The van der Waals surface area contributed by atoms with E-state index in [2.05, 4.69) is 4.98 Å². The molecule has 174 valence electrons. The molecular weight excluding hydrogens is 449 g/mol. The molecule has 3 rings (SSSR count). The molecule has 1 saturated heterocycles. The van der Waals surface area contributed by atoms with Crippen LogP contribution in [0.4, 0.5) is 19.0 Å². The third-order valence-corrected chi connectivity index (χ3v) is 6.87. The smallest absolute Gasteiger partial charge is 0.355 e. The second-order valence-electron chi connectivity index (χ2n) is 7.16. The Kier molecular flexibility index (Phi) is 7.06. The van der Waals surface area contributed by atoms with Gasteiger partial charge in [0, 0.05) is 45.0 Å². The Balaban J connectivity index is 1.67. The summed E-state index contributed by atoms with van der Waals surface area (Å²) >= 11 is 0. The monoisotopic (exact) mass is 472 g/mol. The predicted octanol–water partition coefficient (Wildman–Crippen LogP) is 2.63. The first-order valence-electron chi connectivity index (χ1n) is 9.74. The third kappa shape index (κ3) is 5.19. The Morgan fingerprint density at radius 3 is 2.31 bits per heavy atom. The topological polar surface area (TPSA) is 83.0 Å². The molecule has 1 aliphatic heterocycles. The number of alkyl halides is 3. The number of rotatable bonds is 5. The van der Waals surface area contributed by atoms with Crippen molar-refractivity contribution in [1.82, 2.24) is 14.4 Å². The number of amides is 1. The summed E-state index contributed by atoms with van der Waals surface area (Å²) in [6, 6.07) is 7.89. The van der Waals surface area contributed by atoms with Crippen LogP contribution in [-0.4, -0.2) is 69.0 Å². The minimum atomic E-state index is -4.44. The summed E-state index contributed by atoms with van der Waals surface area (Å²) in [4.78, 5) is 25.0. The van der Waals surface area contributed by atoms with Gasteiger partial charge in [-0.05, 0) is 42.8 Å². The molecule has 1 aromatic heterocycles. The molecular formula is C20H23F3N4O4S. The van der Waals surface area contributed by atoms with Crippen LogP contribution in [0.15, 0.2) is 47.5 Å². The number of carbonyl (C=O) groups is 1. The Morgan fingerprint density at radius 2 is 1.75 bits per heavy atom. The number of sulfonamides is 1. The molecule has 0 unspecified atom stereocenters. The third-order valence-electron chi connectivity index (χ3n) is 5.18. The van der Waals surface area contributed by atoms with Crippen LogP contribution in [-0.2, 0) is 21.0 Å². The van der Waals surface area contributed by atoms with E-state index in [1.54, 1.807) is 4.90 Å². The van der Waals surface area contributed by atoms with Crippen LogP contribution in [0, 0.1) is 0 Å². The molecule has 1 aromatic carbocycles. The van der Waals surface area contributed by atoms with Crippen LogP contribution < -0.4 is 4.90 Å². The van der Waals surface area contributed by atoms with Gasteiger partial charge in [0.2, 0.25) is 0 Å². The highest BCUT2D eigenvalue weighted by Crippen LogP contribution is 2.29. The maximum Gasteiger partial charge on any atom is 0.417 e. The number of nitrogens with zero attached hydrogens (tertiary/aromatic N) is 4. The first-order valence-corrected chi connectivity index (χ1v) is 11.2. The Morgan fingerprint density at radius 1 is 1.06 bits per heavy atom. The lowest BCUT2D eigenvalue weighted by atomic mass is 10.2. The largest absolute Gasteiger partial charge is 0.417 e. The average molecular weight is 472 g/mol. The van der Waals surface area contributed by atoms with Crippen molar-refractivity contribution >= 4 is 21.7 Å². The number of hydrogen-bond acceptors (Lipinski definition) is 6. The number of benzene rings is 1. The van der Waals surface area contributed by atoms with Crippen LogP contribution in [0.1, 0.15) is 22.3 Å². The molecule has 0 radical (unpaired) electrons. The van der Waals surface area contributed by atoms with E-state index < -0.39 is 21.8 Å². The predicted molar refractivity (Wildman–Crippen MR) is 110 cm³/mol. The van der Waals surface area contributed by atoms with Gasteiger partial charge in [-0.2, -0.15) is 13.2 Å². The van der Waals surface area contributed by atoms with E-state index in [0.717, 1.165) is 16.7 Å². The molecule has 8 nitrogen and oxygen atoms in total. The van der Waals surface area contributed by atoms with E-state index in [1.165, 1.54) is 44.5 Å². The van der Waals surface area contributed by atoms with Crippen molar-refractivity contribution in [3.8, 4) is 0 Å². The summed E-state index contributed by atoms with van der Waals surface area (Å²) in [7, 11) is -1.31. The molecule has 12 heteroatoms. The minimum Gasteiger partial charge on any atom is -0.355 e. The van der Waals surface area contributed by atoms with E-state index >= 15 is 0 Å². The van der Waals surface area contributed by atoms with E-state index in [1.807, 2.05) is 4.90 Å². The lowest BCUT2D eigenvalue weighted by molar-refractivity contribution is -0.137. The van der Waals surface area contributed by atoms with Crippen LogP contribution in [0.5, 0.6) is 0 Å². The molecule has 1 amide bonds. The van der Waals surface area contributed by atoms with E-state index in [9.17, 15) is 26.4 Å². The number of anilines is 1. The fraction of sp³-hybridized carbons (Fsp3) is 0.400. The minimum absolute atomic E-state index is 0.00572. The number of hydroxylamine groups is 1.